The standard InChI is InChI=1S/C15H20N2O4/c1-10(17-14(18)13-9-21-8-7-16-13)11-3-5-12(6-4-11)15(19)20-2/h3-6,10,13,16H,7-9H2,1-2H3,(H,17,18)/t10-,13+/m0/s1. The van der Waals surface area contributed by atoms with Crippen molar-refractivity contribution in [2.45, 2.75) is 19.0 Å². The van der Waals surface area contributed by atoms with Gasteiger partial charge in [0.1, 0.15) is 6.04 Å². The number of esters is 1. The number of morpholine rings is 1. The lowest BCUT2D eigenvalue weighted by molar-refractivity contribution is -0.126. The van der Waals surface area contributed by atoms with Crippen molar-refractivity contribution in [3.63, 3.8) is 0 Å². The molecule has 2 N–H and O–H groups in total. The molecule has 0 bridgehead atoms. The average Bonchev–Trinajstić information content (AvgIpc) is 2.55. The van der Waals surface area contributed by atoms with Gasteiger partial charge in [-0.3, -0.25) is 4.79 Å². The van der Waals surface area contributed by atoms with Crippen LogP contribution in [-0.4, -0.2) is 44.8 Å². The van der Waals surface area contributed by atoms with Gasteiger partial charge in [0.05, 0.1) is 31.9 Å². The van der Waals surface area contributed by atoms with Gasteiger partial charge in [0.15, 0.2) is 0 Å². The van der Waals surface area contributed by atoms with Crippen molar-refractivity contribution < 1.29 is 19.1 Å². The van der Waals surface area contributed by atoms with Crippen molar-refractivity contribution in [3.8, 4) is 0 Å². The summed E-state index contributed by atoms with van der Waals surface area (Å²) in [5.41, 5.74) is 1.41. The third kappa shape index (κ3) is 4.03. The molecule has 114 valence electrons. The molecule has 1 aliphatic rings. The van der Waals surface area contributed by atoms with Crippen LogP contribution >= 0.6 is 0 Å². The molecule has 1 fully saturated rings. The summed E-state index contributed by atoms with van der Waals surface area (Å²) >= 11 is 0. The fraction of sp³-hybridized carbons (Fsp3) is 0.467. The third-order valence-electron chi connectivity index (χ3n) is 3.43. The van der Waals surface area contributed by atoms with Crippen molar-refractivity contribution in [2.24, 2.45) is 0 Å². The second-order valence-electron chi connectivity index (χ2n) is 4.93. The Morgan fingerprint density at radius 3 is 2.67 bits per heavy atom. The Balaban J connectivity index is 1.94. The predicted molar refractivity (Wildman–Crippen MR) is 76.9 cm³/mol. The molecule has 0 unspecified atom stereocenters. The highest BCUT2D eigenvalue weighted by atomic mass is 16.5. The Bertz CT molecular complexity index is 495. The Kier molecular flexibility index (Phi) is 5.30. The van der Waals surface area contributed by atoms with E-state index in [0.29, 0.717) is 25.3 Å². The molecule has 1 aromatic carbocycles. The van der Waals surface area contributed by atoms with Gasteiger partial charge in [-0.15, -0.1) is 0 Å². The van der Waals surface area contributed by atoms with E-state index in [9.17, 15) is 9.59 Å². The number of carbonyl (C=O) groups is 2. The van der Waals surface area contributed by atoms with E-state index < -0.39 is 0 Å². The molecule has 1 aromatic rings. The zero-order valence-electron chi connectivity index (χ0n) is 12.2. The van der Waals surface area contributed by atoms with Crippen LogP contribution < -0.4 is 10.6 Å². The lowest BCUT2D eigenvalue weighted by Crippen LogP contribution is -2.51. The topological polar surface area (TPSA) is 76.7 Å². The van der Waals surface area contributed by atoms with Crippen molar-refractivity contribution in [2.75, 3.05) is 26.9 Å². The fourth-order valence-electron chi connectivity index (χ4n) is 2.16. The number of hydrogen-bond acceptors (Lipinski definition) is 5. The van der Waals surface area contributed by atoms with Crippen LogP contribution in [0.4, 0.5) is 0 Å². The van der Waals surface area contributed by atoms with E-state index in [2.05, 4.69) is 15.4 Å². The first-order valence-corrected chi connectivity index (χ1v) is 6.91. The average molecular weight is 292 g/mol. The summed E-state index contributed by atoms with van der Waals surface area (Å²) in [5.74, 6) is -0.457. The van der Waals surface area contributed by atoms with Crippen molar-refractivity contribution >= 4 is 11.9 Å². The van der Waals surface area contributed by atoms with E-state index in [4.69, 9.17) is 4.74 Å². The summed E-state index contributed by atoms with van der Waals surface area (Å²) in [5, 5.41) is 6.04. The van der Waals surface area contributed by atoms with E-state index in [1.54, 1.807) is 12.1 Å². The fourth-order valence-corrected chi connectivity index (χ4v) is 2.16. The van der Waals surface area contributed by atoms with E-state index in [1.165, 1.54) is 7.11 Å². The summed E-state index contributed by atoms with van der Waals surface area (Å²) in [7, 11) is 1.35. The normalized spacial score (nSPS) is 19.6. The first-order valence-electron chi connectivity index (χ1n) is 6.91. The number of hydrogen-bond donors (Lipinski definition) is 2. The Morgan fingerprint density at radius 2 is 2.10 bits per heavy atom. The monoisotopic (exact) mass is 292 g/mol. The first kappa shape index (κ1) is 15.5. The molecule has 2 atom stereocenters. The molecule has 6 heteroatoms. The lowest BCUT2D eigenvalue weighted by atomic mass is 10.1. The zero-order chi connectivity index (χ0) is 15.2. The van der Waals surface area contributed by atoms with E-state index in [1.807, 2.05) is 19.1 Å². The first-order chi connectivity index (χ1) is 10.1. The molecular weight excluding hydrogens is 272 g/mol. The molecule has 0 saturated carbocycles. The van der Waals surface area contributed by atoms with Gasteiger partial charge < -0.3 is 20.1 Å². The van der Waals surface area contributed by atoms with Crippen LogP contribution in [0.25, 0.3) is 0 Å². The van der Waals surface area contributed by atoms with Crippen molar-refractivity contribution in [3.05, 3.63) is 35.4 Å². The minimum Gasteiger partial charge on any atom is -0.465 e. The van der Waals surface area contributed by atoms with Crippen LogP contribution in [0, 0.1) is 0 Å². The van der Waals surface area contributed by atoms with Gasteiger partial charge in [-0.25, -0.2) is 4.79 Å². The second-order valence-corrected chi connectivity index (χ2v) is 4.93. The molecule has 6 nitrogen and oxygen atoms in total. The largest absolute Gasteiger partial charge is 0.465 e. The maximum atomic E-state index is 12.1. The van der Waals surface area contributed by atoms with Crippen LogP contribution in [0.15, 0.2) is 24.3 Å². The van der Waals surface area contributed by atoms with Crippen LogP contribution in [0.1, 0.15) is 28.9 Å². The number of rotatable bonds is 4. The van der Waals surface area contributed by atoms with Crippen molar-refractivity contribution in [1.82, 2.24) is 10.6 Å². The molecule has 1 aliphatic heterocycles. The smallest absolute Gasteiger partial charge is 0.337 e. The number of ether oxygens (including phenoxy) is 2. The number of nitrogens with one attached hydrogen (secondary N) is 2. The number of benzene rings is 1. The predicted octanol–water partition coefficient (Wildman–Crippen LogP) is 0.639. The Labute approximate surface area is 123 Å². The minimum absolute atomic E-state index is 0.0840. The Morgan fingerprint density at radius 1 is 1.38 bits per heavy atom. The highest BCUT2D eigenvalue weighted by Gasteiger charge is 2.22. The van der Waals surface area contributed by atoms with E-state index >= 15 is 0 Å². The van der Waals surface area contributed by atoms with Gasteiger partial charge in [0.25, 0.3) is 0 Å². The number of methoxy groups -OCH3 is 1. The van der Waals surface area contributed by atoms with Gasteiger partial charge in [0.2, 0.25) is 5.91 Å². The number of carbonyl (C=O) groups excluding carboxylic acids is 2. The highest BCUT2D eigenvalue weighted by Crippen LogP contribution is 2.14. The van der Waals surface area contributed by atoms with Crippen LogP contribution in [0.5, 0.6) is 0 Å². The summed E-state index contributed by atoms with van der Waals surface area (Å²) in [4.78, 5) is 23.4. The molecule has 1 saturated heterocycles. The molecule has 1 amide bonds. The van der Waals surface area contributed by atoms with E-state index in [0.717, 1.165) is 5.56 Å². The van der Waals surface area contributed by atoms with Crippen LogP contribution in [0.2, 0.25) is 0 Å². The summed E-state index contributed by atoms with van der Waals surface area (Å²) in [6, 6.07) is 6.53. The van der Waals surface area contributed by atoms with Crippen LogP contribution in [-0.2, 0) is 14.3 Å². The van der Waals surface area contributed by atoms with E-state index in [-0.39, 0.29) is 24.0 Å². The van der Waals surface area contributed by atoms with Crippen LogP contribution in [0.3, 0.4) is 0 Å². The maximum absolute atomic E-state index is 12.1. The lowest BCUT2D eigenvalue weighted by Gasteiger charge is -2.25. The van der Waals surface area contributed by atoms with Crippen molar-refractivity contribution in [1.29, 1.82) is 0 Å². The molecular formula is C15H20N2O4. The summed E-state index contributed by atoms with van der Waals surface area (Å²) < 4.78 is 9.92. The molecule has 0 radical (unpaired) electrons. The summed E-state index contributed by atoms with van der Waals surface area (Å²) in [6.45, 7) is 3.60. The third-order valence-corrected chi connectivity index (χ3v) is 3.43. The molecule has 0 aliphatic carbocycles. The molecule has 1 heterocycles. The van der Waals surface area contributed by atoms with Gasteiger partial charge >= 0.3 is 5.97 Å². The van der Waals surface area contributed by atoms with Gasteiger partial charge in [-0.2, -0.15) is 0 Å². The van der Waals surface area contributed by atoms with Gasteiger partial charge in [0, 0.05) is 6.54 Å². The Hall–Kier alpha value is -1.92. The molecule has 21 heavy (non-hydrogen) atoms. The SMILES string of the molecule is COC(=O)c1ccc([C@H](C)NC(=O)[C@H]2COCCN2)cc1. The zero-order valence-corrected chi connectivity index (χ0v) is 12.2. The molecule has 0 aromatic heterocycles. The van der Waals surface area contributed by atoms with Gasteiger partial charge in [-0.1, -0.05) is 12.1 Å². The highest BCUT2D eigenvalue weighted by molar-refractivity contribution is 5.89. The molecule has 0 spiro atoms. The summed E-state index contributed by atoms with van der Waals surface area (Å²) in [6.07, 6.45) is 0. The molecule has 2 rings (SSSR count). The maximum Gasteiger partial charge on any atom is 0.337 e. The quantitative estimate of drug-likeness (QED) is 0.796. The number of amides is 1. The minimum atomic E-state index is -0.373. The second kappa shape index (κ2) is 7.19. The van der Waals surface area contributed by atoms with Gasteiger partial charge in [-0.05, 0) is 24.6 Å².